The van der Waals surface area contributed by atoms with E-state index in [0.717, 1.165) is 0 Å². The molecule has 0 radical (unpaired) electrons. The Hall–Kier alpha value is -0.240. The van der Waals surface area contributed by atoms with Crippen LogP contribution in [0, 0.1) is 5.92 Å². The van der Waals surface area contributed by atoms with Crippen molar-refractivity contribution in [1.29, 1.82) is 0 Å². The van der Waals surface area contributed by atoms with Gasteiger partial charge in [0.05, 0.1) is 10.5 Å². The molecule has 0 aliphatic rings. The molecule has 0 rings (SSSR count). The first-order valence-electron chi connectivity index (χ1n) is 5.21. The number of hydrogen-bond donors (Lipinski definition) is 3. The van der Waals surface area contributed by atoms with Crippen LogP contribution in [0.5, 0.6) is 0 Å². The summed E-state index contributed by atoms with van der Waals surface area (Å²) in [4.78, 5) is 0.143. The highest BCUT2D eigenvalue weighted by Gasteiger charge is 2.30. The molecular formula is C9H21N3O2S2. The quantitative estimate of drug-likeness (QED) is 0.587. The van der Waals surface area contributed by atoms with Crippen LogP contribution >= 0.6 is 12.2 Å². The minimum Gasteiger partial charge on any atom is -0.392 e. The number of hydrogen-bond acceptors (Lipinski definition) is 3. The van der Waals surface area contributed by atoms with Gasteiger partial charge in [-0.05, 0) is 19.3 Å². The number of nitrogens with one attached hydrogen (secondary N) is 2. The standard InChI is InChI=1S/C9H21N3O2S2/c1-5-9(4,8(10)15)12-16(13,14)11-6-7(2)3/h7,11-12H,5-6H2,1-4H3,(H2,10,15). The fraction of sp³-hybridized carbons (Fsp3) is 0.889. The van der Waals surface area contributed by atoms with Gasteiger partial charge in [0, 0.05) is 6.54 Å². The zero-order valence-corrected chi connectivity index (χ0v) is 11.8. The first-order valence-corrected chi connectivity index (χ1v) is 7.10. The molecule has 0 amide bonds. The predicted molar refractivity (Wildman–Crippen MR) is 70.4 cm³/mol. The Balaban J connectivity index is 4.63. The molecule has 5 nitrogen and oxygen atoms in total. The van der Waals surface area contributed by atoms with Crippen LogP contribution in [0.15, 0.2) is 0 Å². The maximum atomic E-state index is 11.7. The summed E-state index contributed by atoms with van der Waals surface area (Å²) in [7, 11) is -3.56. The average molecular weight is 267 g/mol. The van der Waals surface area contributed by atoms with Gasteiger partial charge in [-0.2, -0.15) is 13.1 Å². The fourth-order valence-electron chi connectivity index (χ4n) is 0.906. The molecule has 1 unspecified atom stereocenters. The molecule has 7 heteroatoms. The van der Waals surface area contributed by atoms with Crippen LogP contribution in [-0.2, 0) is 10.2 Å². The first kappa shape index (κ1) is 15.8. The monoisotopic (exact) mass is 267 g/mol. The highest BCUT2D eigenvalue weighted by molar-refractivity contribution is 7.87. The van der Waals surface area contributed by atoms with Crippen molar-refractivity contribution < 1.29 is 8.42 Å². The normalized spacial score (nSPS) is 16.1. The molecule has 0 saturated heterocycles. The molecule has 0 heterocycles. The maximum Gasteiger partial charge on any atom is 0.277 e. The molecular weight excluding hydrogens is 246 g/mol. The molecule has 0 aliphatic heterocycles. The highest BCUT2D eigenvalue weighted by atomic mass is 32.2. The predicted octanol–water partition coefficient (Wildman–Crippen LogP) is 0.521. The Labute approximate surface area is 103 Å². The molecule has 4 N–H and O–H groups in total. The van der Waals surface area contributed by atoms with Crippen molar-refractivity contribution in [1.82, 2.24) is 9.44 Å². The summed E-state index contributed by atoms with van der Waals surface area (Å²) < 4.78 is 28.3. The summed E-state index contributed by atoms with van der Waals surface area (Å²) in [6.45, 7) is 7.73. The number of rotatable bonds is 7. The molecule has 0 aromatic carbocycles. The van der Waals surface area contributed by atoms with Crippen LogP contribution in [0.4, 0.5) is 0 Å². The summed E-state index contributed by atoms with van der Waals surface area (Å²) in [5.41, 5.74) is 4.64. The van der Waals surface area contributed by atoms with Crippen LogP contribution in [0.2, 0.25) is 0 Å². The van der Waals surface area contributed by atoms with Gasteiger partial charge in [0.2, 0.25) is 0 Å². The summed E-state index contributed by atoms with van der Waals surface area (Å²) in [5.74, 6) is 0.245. The maximum absolute atomic E-state index is 11.7. The third-order valence-corrected chi connectivity index (χ3v) is 4.01. The summed E-state index contributed by atoms with van der Waals surface area (Å²) >= 11 is 4.86. The van der Waals surface area contributed by atoms with Gasteiger partial charge >= 0.3 is 0 Å². The molecule has 0 bridgehead atoms. The number of thiocarbonyl (C=S) groups is 1. The molecule has 0 saturated carbocycles. The van der Waals surface area contributed by atoms with Gasteiger partial charge in [-0.25, -0.2) is 4.72 Å². The largest absolute Gasteiger partial charge is 0.392 e. The van der Waals surface area contributed by atoms with E-state index in [2.05, 4.69) is 9.44 Å². The topological polar surface area (TPSA) is 84.2 Å². The lowest BCUT2D eigenvalue weighted by Crippen LogP contribution is -2.57. The Morgan fingerprint density at radius 1 is 1.50 bits per heavy atom. The SMILES string of the molecule is CCC(C)(NS(=O)(=O)NCC(C)C)C(N)=S. The Kier molecular flexibility index (Phi) is 5.81. The van der Waals surface area contributed by atoms with Crippen molar-refractivity contribution >= 4 is 27.4 Å². The molecule has 96 valence electrons. The Bertz CT molecular complexity index is 341. The molecule has 0 aromatic rings. The highest BCUT2D eigenvalue weighted by Crippen LogP contribution is 2.10. The van der Waals surface area contributed by atoms with Gasteiger partial charge in [0.25, 0.3) is 10.2 Å². The zero-order chi connectivity index (χ0) is 13.0. The van der Waals surface area contributed by atoms with E-state index in [0.29, 0.717) is 13.0 Å². The zero-order valence-electron chi connectivity index (χ0n) is 10.2. The van der Waals surface area contributed by atoms with Gasteiger partial charge in [0.15, 0.2) is 0 Å². The van der Waals surface area contributed by atoms with E-state index >= 15 is 0 Å². The number of nitrogens with two attached hydrogens (primary N) is 1. The second-order valence-electron chi connectivity index (χ2n) is 4.40. The van der Waals surface area contributed by atoms with Gasteiger partial charge in [-0.3, -0.25) is 0 Å². The van der Waals surface area contributed by atoms with E-state index < -0.39 is 15.7 Å². The van der Waals surface area contributed by atoms with Crippen molar-refractivity contribution in [2.75, 3.05) is 6.54 Å². The molecule has 0 aromatic heterocycles. The summed E-state index contributed by atoms with van der Waals surface area (Å²) in [5, 5.41) is 0. The molecule has 0 aliphatic carbocycles. The van der Waals surface area contributed by atoms with Crippen LogP contribution in [0.1, 0.15) is 34.1 Å². The van der Waals surface area contributed by atoms with E-state index in [-0.39, 0.29) is 10.9 Å². The van der Waals surface area contributed by atoms with E-state index in [4.69, 9.17) is 18.0 Å². The van der Waals surface area contributed by atoms with Crippen LogP contribution in [-0.4, -0.2) is 25.5 Å². The van der Waals surface area contributed by atoms with Crippen molar-refractivity contribution in [2.24, 2.45) is 11.7 Å². The lowest BCUT2D eigenvalue weighted by atomic mass is 10.0. The van der Waals surface area contributed by atoms with E-state index in [1.54, 1.807) is 6.92 Å². The van der Waals surface area contributed by atoms with Gasteiger partial charge < -0.3 is 5.73 Å². The molecule has 16 heavy (non-hydrogen) atoms. The van der Waals surface area contributed by atoms with Crippen molar-refractivity contribution in [2.45, 2.75) is 39.7 Å². The Morgan fingerprint density at radius 3 is 2.31 bits per heavy atom. The molecule has 1 atom stereocenters. The first-order chi connectivity index (χ1) is 7.13. The van der Waals surface area contributed by atoms with Gasteiger partial charge in [-0.15, -0.1) is 0 Å². The van der Waals surface area contributed by atoms with Crippen molar-refractivity contribution in [3.63, 3.8) is 0 Å². The minimum atomic E-state index is -3.56. The molecule has 0 spiro atoms. The summed E-state index contributed by atoms with van der Waals surface area (Å²) in [6.07, 6.45) is 0.505. The lowest BCUT2D eigenvalue weighted by Gasteiger charge is -2.28. The minimum absolute atomic E-state index is 0.143. The van der Waals surface area contributed by atoms with Crippen LogP contribution < -0.4 is 15.2 Å². The Morgan fingerprint density at radius 2 is 2.00 bits per heavy atom. The second kappa shape index (κ2) is 5.90. The second-order valence-corrected chi connectivity index (χ2v) is 6.34. The van der Waals surface area contributed by atoms with E-state index in [1.807, 2.05) is 20.8 Å². The lowest BCUT2D eigenvalue weighted by molar-refractivity contribution is 0.495. The average Bonchev–Trinajstić information content (AvgIpc) is 2.14. The van der Waals surface area contributed by atoms with Crippen molar-refractivity contribution in [3.05, 3.63) is 0 Å². The van der Waals surface area contributed by atoms with Crippen molar-refractivity contribution in [3.8, 4) is 0 Å². The van der Waals surface area contributed by atoms with Crippen LogP contribution in [0.3, 0.4) is 0 Å². The van der Waals surface area contributed by atoms with Gasteiger partial charge in [0.1, 0.15) is 0 Å². The smallest absolute Gasteiger partial charge is 0.277 e. The fourth-order valence-corrected chi connectivity index (χ4v) is 2.64. The van der Waals surface area contributed by atoms with E-state index in [9.17, 15) is 8.42 Å². The molecule has 0 fully saturated rings. The van der Waals surface area contributed by atoms with Gasteiger partial charge in [-0.1, -0.05) is 33.0 Å². The van der Waals surface area contributed by atoms with E-state index in [1.165, 1.54) is 0 Å². The third kappa shape index (κ3) is 5.20. The van der Waals surface area contributed by atoms with Crippen LogP contribution in [0.25, 0.3) is 0 Å². The summed E-state index contributed by atoms with van der Waals surface area (Å²) in [6, 6.07) is 0. The third-order valence-electron chi connectivity index (χ3n) is 2.29.